The van der Waals surface area contributed by atoms with Gasteiger partial charge in [0.25, 0.3) is 0 Å². The molecule has 0 aromatic heterocycles. The molecule has 3 rings (SSSR count). The molecule has 0 heterocycles. The SMILES string of the molecule is C=CCOc1c(C(C)(C)C)cc(C(C)(C)C)cc1[Si](CC)(CC)C1C2=CC=CCC2CC1CCCC. The van der Waals surface area contributed by atoms with Crippen LogP contribution in [0.3, 0.4) is 0 Å². The standard InChI is InChI=1S/C34H54OSi/c1-11-15-18-26-22-25-19-16-17-20-28(25)32(26)36(13-3,14-4)30-24-27(33(5,6)7)23-29(34(8,9)10)31(30)35-21-12-2/h12,16-17,20,23-26,32H,2,11,13-15,18-19,21-22H2,1,3-10H3. The van der Waals surface area contributed by atoms with Crippen LogP contribution in [0.5, 0.6) is 5.75 Å². The van der Waals surface area contributed by atoms with Gasteiger partial charge in [0.15, 0.2) is 0 Å². The van der Waals surface area contributed by atoms with E-state index in [0.717, 1.165) is 11.8 Å². The third-order valence-corrected chi connectivity index (χ3v) is 15.1. The highest BCUT2D eigenvalue weighted by molar-refractivity contribution is 6.94. The number of ether oxygens (including phenoxy) is 1. The van der Waals surface area contributed by atoms with Crippen LogP contribution >= 0.6 is 0 Å². The summed E-state index contributed by atoms with van der Waals surface area (Å²) in [6.07, 6.45) is 15.8. The van der Waals surface area contributed by atoms with Crippen LogP contribution in [0.15, 0.2) is 48.6 Å². The van der Waals surface area contributed by atoms with Crippen LogP contribution in [-0.4, -0.2) is 14.7 Å². The van der Waals surface area contributed by atoms with Crippen molar-refractivity contribution < 1.29 is 4.74 Å². The molecule has 0 bridgehead atoms. The Bertz CT molecular complexity index is 964. The zero-order valence-corrected chi connectivity index (χ0v) is 26.0. The van der Waals surface area contributed by atoms with E-state index in [1.165, 1.54) is 61.1 Å². The number of benzene rings is 1. The van der Waals surface area contributed by atoms with Crippen molar-refractivity contribution in [3.8, 4) is 5.75 Å². The molecule has 3 atom stereocenters. The van der Waals surface area contributed by atoms with Crippen LogP contribution in [0.1, 0.15) is 106 Å². The molecule has 1 saturated carbocycles. The van der Waals surface area contributed by atoms with Crippen LogP contribution < -0.4 is 9.92 Å². The normalized spacial score (nSPS) is 22.4. The van der Waals surface area contributed by atoms with Gasteiger partial charge in [-0.1, -0.05) is 142 Å². The van der Waals surface area contributed by atoms with Crippen LogP contribution in [0.2, 0.25) is 17.6 Å². The van der Waals surface area contributed by atoms with E-state index in [0.29, 0.717) is 12.1 Å². The summed E-state index contributed by atoms with van der Waals surface area (Å²) >= 11 is 0. The number of hydrogen-bond acceptors (Lipinski definition) is 1. The van der Waals surface area contributed by atoms with Crippen molar-refractivity contribution in [3.63, 3.8) is 0 Å². The molecule has 36 heavy (non-hydrogen) atoms. The first kappa shape index (κ1) is 29.0. The first-order valence-corrected chi connectivity index (χ1v) is 17.2. The maximum atomic E-state index is 6.72. The van der Waals surface area contributed by atoms with Crippen LogP contribution in [0.4, 0.5) is 0 Å². The zero-order chi connectivity index (χ0) is 26.7. The number of unbranched alkanes of at least 4 members (excludes halogenated alkanes) is 1. The quantitative estimate of drug-likeness (QED) is 0.227. The van der Waals surface area contributed by atoms with Crippen molar-refractivity contribution in [2.75, 3.05) is 6.61 Å². The molecule has 3 unspecified atom stereocenters. The Morgan fingerprint density at radius 2 is 1.72 bits per heavy atom. The minimum Gasteiger partial charge on any atom is -0.489 e. The van der Waals surface area contributed by atoms with Gasteiger partial charge in [0.1, 0.15) is 12.4 Å². The maximum absolute atomic E-state index is 6.72. The third kappa shape index (κ3) is 5.64. The minimum atomic E-state index is -1.98. The summed E-state index contributed by atoms with van der Waals surface area (Å²) in [7, 11) is -1.98. The van der Waals surface area contributed by atoms with Crippen molar-refractivity contribution in [2.24, 2.45) is 11.8 Å². The number of hydrogen-bond donors (Lipinski definition) is 0. The predicted octanol–water partition coefficient (Wildman–Crippen LogP) is 9.62. The van der Waals surface area contributed by atoms with Gasteiger partial charge in [-0.2, -0.15) is 0 Å². The zero-order valence-electron chi connectivity index (χ0n) is 25.0. The van der Waals surface area contributed by atoms with Gasteiger partial charge in [-0.05, 0) is 57.4 Å². The molecule has 0 N–H and O–H groups in total. The maximum Gasteiger partial charge on any atom is 0.122 e. The highest BCUT2D eigenvalue weighted by Gasteiger charge is 2.52. The fourth-order valence-electron chi connectivity index (χ4n) is 7.10. The number of allylic oxidation sites excluding steroid dienone is 4. The van der Waals surface area contributed by atoms with Crippen molar-refractivity contribution in [1.82, 2.24) is 0 Å². The lowest BCUT2D eigenvalue weighted by atomic mass is 9.80. The molecule has 0 spiro atoms. The second kappa shape index (κ2) is 11.5. The molecule has 0 aliphatic heterocycles. The largest absolute Gasteiger partial charge is 0.489 e. The lowest BCUT2D eigenvalue weighted by molar-refractivity contribution is 0.353. The molecule has 2 heteroatoms. The van der Waals surface area contributed by atoms with Gasteiger partial charge < -0.3 is 4.74 Å². The second-order valence-corrected chi connectivity index (χ2v) is 18.4. The number of fused-ring (bicyclic) bond motifs is 1. The second-order valence-electron chi connectivity index (χ2n) is 13.5. The Balaban J connectivity index is 2.36. The summed E-state index contributed by atoms with van der Waals surface area (Å²) < 4.78 is 6.72. The summed E-state index contributed by atoms with van der Waals surface area (Å²) in [6, 6.07) is 7.61. The van der Waals surface area contributed by atoms with Crippen molar-refractivity contribution >= 4 is 13.3 Å². The molecule has 0 saturated heterocycles. The van der Waals surface area contributed by atoms with Gasteiger partial charge in [0.05, 0.1) is 8.07 Å². The lowest BCUT2D eigenvalue weighted by Crippen LogP contribution is -2.53. The first-order valence-electron chi connectivity index (χ1n) is 14.7. The van der Waals surface area contributed by atoms with E-state index in [9.17, 15) is 0 Å². The van der Waals surface area contributed by atoms with Crippen LogP contribution in [0, 0.1) is 11.8 Å². The van der Waals surface area contributed by atoms with Gasteiger partial charge in [-0.3, -0.25) is 0 Å². The fraction of sp³-hybridized carbons (Fsp3) is 0.647. The average molecular weight is 507 g/mol. The van der Waals surface area contributed by atoms with E-state index in [1.807, 2.05) is 6.08 Å². The third-order valence-electron chi connectivity index (χ3n) is 9.17. The van der Waals surface area contributed by atoms with E-state index in [4.69, 9.17) is 4.74 Å². The van der Waals surface area contributed by atoms with Gasteiger partial charge in [0.2, 0.25) is 0 Å². The molecule has 0 amide bonds. The smallest absolute Gasteiger partial charge is 0.122 e. The predicted molar refractivity (Wildman–Crippen MR) is 163 cm³/mol. The fourth-order valence-corrected chi connectivity index (χ4v) is 12.9. The highest BCUT2D eigenvalue weighted by Crippen LogP contribution is 2.57. The summed E-state index contributed by atoms with van der Waals surface area (Å²) in [5.41, 5.74) is 5.44. The molecular formula is C34H54OSi. The summed E-state index contributed by atoms with van der Waals surface area (Å²) in [5, 5.41) is 1.59. The molecule has 2 aliphatic carbocycles. The van der Waals surface area contributed by atoms with E-state index in [2.05, 4.69) is 99.3 Å². The molecular weight excluding hydrogens is 452 g/mol. The Labute approximate surface area is 224 Å². The van der Waals surface area contributed by atoms with Gasteiger partial charge in [0, 0.05) is 0 Å². The lowest BCUT2D eigenvalue weighted by Gasteiger charge is -2.43. The van der Waals surface area contributed by atoms with Crippen LogP contribution in [0.25, 0.3) is 0 Å². The molecule has 1 aromatic carbocycles. The summed E-state index contributed by atoms with van der Waals surface area (Å²) in [5.74, 6) is 2.74. The highest BCUT2D eigenvalue weighted by atomic mass is 28.3. The average Bonchev–Trinajstić information content (AvgIpc) is 3.20. The Hall–Kier alpha value is -1.54. The van der Waals surface area contributed by atoms with Gasteiger partial charge in [-0.25, -0.2) is 0 Å². The van der Waals surface area contributed by atoms with E-state index in [1.54, 1.807) is 10.8 Å². The van der Waals surface area contributed by atoms with Crippen LogP contribution in [-0.2, 0) is 10.8 Å². The molecule has 200 valence electrons. The van der Waals surface area contributed by atoms with Gasteiger partial charge >= 0.3 is 0 Å². The van der Waals surface area contributed by atoms with Crippen molar-refractivity contribution in [1.29, 1.82) is 0 Å². The van der Waals surface area contributed by atoms with E-state index in [-0.39, 0.29) is 10.8 Å². The molecule has 1 aromatic rings. The Morgan fingerprint density at radius 1 is 1.03 bits per heavy atom. The summed E-state index contributed by atoms with van der Waals surface area (Å²) in [6.45, 7) is 26.1. The van der Waals surface area contributed by atoms with Crippen molar-refractivity contribution in [3.05, 3.63) is 59.7 Å². The van der Waals surface area contributed by atoms with E-state index < -0.39 is 8.07 Å². The monoisotopic (exact) mass is 506 g/mol. The Kier molecular flexibility index (Phi) is 9.24. The summed E-state index contributed by atoms with van der Waals surface area (Å²) in [4.78, 5) is 0. The molecule has 0 radical (unpaired) electrons. The molecule has 1 fully saturated rings. The van der Waals surface area contributed by atoms with Crippen molar-refractivity contribution in [2.45, 2.75) is 123 Å². The van der Waals surface area contributed by atoms with Gasteiger partial charge in [-0.15, -0.1) is 0 Å². The molecule has 1 nitrogen and oxygen atoms in total. The van der Waals surface area contributed by atoms with E-state index >= 15 is 0 Å². The molecule has 2 aliphatic rings. The number of rotatable bonds is 10. The minimum absolute atomic E-state index is 0.0147. The topological polar surface area (TPSA) is 9.23 Å². The Morgan fingerprint density at radius 3 is 2.28 bits per heavy atom. The first-order chi connectivity index (χ1) is 16.9.